The lowest BCUT2D eigenvalue weighted by molar-refractivity contribution is 1.10. The third kappa shape index (κ3) is 17.2. The van der Waals surface area contributed by atoms with Crippen LogP contribution in [0.5, 0.6) is 0 Å². The van der Waals surface area contributed by atoms with Crippen LogP contribution < -0.4 is 5.73 Å². The highest BCUT2D eigenvalue weighted by molar-refractivity contribution is 5.20. The lowest BCUT2D eigenvalue weighted by Crippen LogP contribution is -1.90. The Bertz CT molecular complexity index is 164. The van der Waals surface area contributed by atoms with Crippen LogP contribution in [0.2, 0.25) is 0 Å². The molecule has 0 rings (SSSR count). The van der Waals surface area contributed by atoms with E-state index in [1.165, 1.54) is 5.57 Å². The molecule has 14 heavy (non-hydrogen) atoms. The van der Waals surface area contributed by atoms with Crippen LogP contribution in [0.3, 0.4) is 0 Å². The summed E-state index contributed by atoms with van der Waals surface area (Å²) in [5.41, 5.74) is 7.51. The molecule has 0 spiro atoms. The van der Waals surface area contributed by atoms with E-state index in [2.05, 4.69) is 20.4 Å². The molecule has 0 aliphatic carbocycles. The summed E-state index contributed by atoms with van der Waals surface area (Å²) in [7, 11) is 0. The van der Waals surface area contributed by atoms with E-state index in [0.29, 0.717) is 5.70 Å². The topological polar surface area (TPSA) is 26.0 Å². The molecule has 2 N–H and O–H groups in total. The molecule has 0 aromatic carbocycles. The molecule has 0 fully saturated rings. The zero-order valence-corrected chi connectivity index (χ0v) is 10.7. The van der Waals surface area contributed by atoms with Crippen LogP contribution in [0, 0.1) is 0 Å². The Morgan fingerprint density at radius 2 is 1.57 bits per heavy atom. The lowest BCUT2D eigenvalue weighted by atomic mass is 10.2. The molecule has 0 unspecified atom stereocenters. The molecule has 0 amide bonds. The minimum Gasteiger partial charge on any atom is -0.399 e. The maximum atomic E-state index is 5.47. The van der Waals surface area contributed by atoms with Gasteiger partial charge in [-0.25, -0.2) is 0 Å². The van der Waals surface area contributed by atoms with Gasteiger partial charge in [-0.1, -0.05) is 52.8 Å². The molecule has 1 nitrogen and oxygen atoms in total. The molecule has 0 bridgehead atoms. The summed E-state index contributed by atoms with van der Waals surface area (Å²) in [5.74, 6) is 0. The third-order valence-electron chi connectivity index (χ3n) is 1.35. The molecular weight excluding hydrogens is 170 g/mol. The molecule has 0 heterocycles. The maximum Gasteiger partial charge on any atom is 0.0308 e. The van der Waals surface area contributed by atoms with E-state index >= 15 is 0 Å². The second-order valence-corrected chi connectivity index (χ2v) is 2.24. The fraction of sp³-hybridized carbons (Fsp3) is 0.538. The zero-order valence-electron chi connectivity index (χ0n) is 10.7. The lowest BCUT2D eigenvalue weighted by Gasteiger charge is -1.90. The second-order valence-electron chi connectivity index (χ2n) is 2.24. The van der Waals surface area contributed by atoms with E-state index in [9.17, 15) is 0 Å². The van der Waals surface area contributed by atoms with Crippen LogP contribution in [0.25, 0.3) is 0 Å². The largest absolute Gasteiger partial charge is 0.399 e. The van der Waals surface area contributed by atoms with E-state index in [0.717, 1.165) is 6.42 Å². The Morgan fingerprint density at radius 3 is 1.86 bits per heavy atom. The molecule has 0 radical (unpaired) electrons. The van der Waals surface area contributed by atoms with Crippen molar-refractivity contribution >= 4 is 0 Å². The molecule has 84 valence electrons. The first-order valence-corrected chi connectivity index (χ1v) is 5.46. The smallest absolute Gasteiger partial charge is 0.0308 e. The minimum atomic E-state index is 0.716. The SMILES string of the molecule is C=C/C(N)=C\C=C(/C)CC.CC.CC. The van der Waals surface area contributed by atoms with Gasteiger partial charge in [-0.3, -0.25) is 0 Å². The second kappa shape index (κ2) is 17.9. The third-order valence-corrected chi connectivity index (χ3v) is 1.35. The van der Waals surface area contributed by atoms with Crippen molar-refractivity contribution in [3.8, 4) is 0 Å². The quantitative estimate of drug-likeness (QED) is 0.666. The summed E-state index contributed by atoms with van der Waals surface area (Å²) >= 11 is 0. The Kier molecular flexibility index (Phi) is 24.0. The van der Waals surface area contributed by atoms with Gasteiger partial charge in [0.15, 0.2) is 0 Å². The van der Waals surface area contributed by atoms with Gasteiger partial charge in [-0.2, -0.15) is 0 Å². The van der Waals surface area contributed by atoms with Crippen LogP contribution in [0.1, 0.15) is 48.0 Å². The van der Waals surface area contributed by atoms with Crippen molar-refractivity contribution in [2.24, 2.45) is 5.73 Å². The number of nitrogens with two attached hydrogens (primary N) is 1. The van der Waals surface area contributed by atoms with E-state index in [1.807, 2.05) is 39.8 Å². The average molecular weight is 197 g/mol. The molecule has 1 heteroatoms. The molecule has 0 saturated carbocycles. The van der Waals surface area contributed by atoms with Gasteiger partial charge in [-0.15, -0.1) is 0 Å². The van der Waals surface area contributed by atoms with Crippen LogP contribution in [0.4, 0.5) is 0 Å². The Hall–Kier alpha value is -0.980. The van der Waals surface area contributed by atoms with Crippen molar-refractivity contribution in [3.63, 3.8) is 0 Å². The summed E-state index contributed by atoms with van der Waals surface area (Å²) in [6.07, 6.45) is 6.59. The standard InChI is InChI=1S/C9H15N.2C2H6/c1-4-8(3)6-7-9(10)5-2;2*1-2/h5-7H,2,4,10H2,1,3H3;2*1-2H3/b8-6+,9-7+;;. The molecule has 0 aliphatic heterocycles. The average Bonchev–Trinajstić information content (AvgIpc) is 2.30. The minimum absolute atomic E-state index is 0.716. The molecule has 0 aromatic heterocycles. The highest BCUT2D eigenvalue weighted by atomic mass is 14.5. The summed E-state index contributed by atoms with van der Waals surface area (Å²) in [6, 6.07) is 0. The Labute approximate surface area is 90.4 Å². The van der Waals surface area contributed by atoms with Crippen molar-refractivity contribution in [1.82, 2.24) is 0 Å². The van der Waals surface area contributed by atoms with Crippen LogP contribution >= 0.6 is 0 Å². The van der Waals surface area contributed by atoms with E-state index < -0.39 is 0 Å². The van der Waals surface area contributed by atoms with Crippen molar-refractivity contribution in [2.75, 3.05) is 0 Å². The first-order chi connectivity index (χ1) is 6.70. The first kappa shape index (κ1) is 18.7. The van der Waals surface area contributed by atoms with Crippen molar-refractivity contribution in [3.05, 3.63) is 36.1 Å². The van der Waals surface area contributed by atoms with Gasteiger partial charge < -0.3 is 5.73 Å². The first-order valence-electron chi connectivity index (χ1n) is 5.46. The number of hydrogen-bond acceptors (Lipinski definition) is 1. The van der Waals surface area contributed by atoms with Crippen LogP contribution in [-0.4, -0.2) is 0 Å². The number of hydrogen-bond donors (Lipinski definition) is 1. The van der Waals surface area contributed by atoms with Gasteiger partial charge >= 0.3 is 0 Å². The van der Waals surface area contributed by atoms with E-state index in [4.69, 9.17) is 5.73 Å². The molecular formula is C13H27N. The van der Waals surface area contributed by atoms with Crippen molar-refractivity contribution < 1.29 is 0 Å². The van der Waals surface area contributed by atoms with Gasteiger partial charge in [-0.05, 0) is 25.5 Å². The highest BCUT2D eigenvalue weighted by Crippen LogP contribution is 1.98. The van der Waals surface area contributed by atoms with Gasteiger partial charge in [0.25, 0.3) is 0 Å². The van der Waals surface area contributed by atoms with E-state index in [1.54, 1.807) is 6.08 Å². The van der Waals surface area contributed by atoms with Gasteiger partial charge in [0.1, 0.15) is 0 Å². The van der Waals surface area contributed by atoms with E-state index in [-0.39, 0.29) is 0 Å². The fourth-order valence-electron chi connectivity index (χ4n) is 0.424. The summed E-state index contributed by atoms with van der Waals surface area (Å²) in [6.45, 7) is 15.7. The normalized spacial score (nSPS) is 10.4. The summed E-state index contributed by atoms with van der Waals surface area (Å²) < 4.78 is 0. The van der Waals surface area contributed by atoms with Crippen LogP contribution in [0.15, 0.2) is 36.1 Å². The maximum absolute atomic E-state index is 5.47. The van der Waals surface area contributed by atoms with Crippen molar-refractivity contribution in [1.29, 1.82) is 0 Å². The predicted octanol–water partition coefficient (Wildman–Crippen LogP) is 4.42. The number of rotatable bonds is 3. The fourth-order valence-corrected chi connectivity index (χ4v) is 0.424. The van der Waals surface area contributed by atoms with Crippen molar-refractivity contribution in [2.45, 2.75) is 48.0 Å². The molecule has 0 saturated heterocycles. The summed E-state index contributed by atoms with van der Waals surface area (Å²) in [5, 5.41) is 0. The highest BCUT2D eigenvalue weighted by Gasteiger charge is 1.80. The number of allylic oxidation sites excluding steroid dienone is 4. The zero-order chi connectivity index (χ0) is 12.0. The Morgan fingerprint density at radius 1 is 1.14 bits per heavy atom. The van der Waals surface area contributed by atoms with Gasteiger partial charge in [0, 0.05) is 5.70 Å². The van der Waals surface area contributed by atoms with Crippen LogP contribution in [-0.2, 0) is 0 Å². The predicted molar refractivity (Wildman–Crippen MR) is 69.2 cm³/mol. The summed E-state index contributed by atoms with van der Waals surface area (Å²) in [4.78, 5) is 0. The molecule has 0 aliphatic rings. The monoisotopic (exact) mass is 197 g/mol. The van der Waals surface area contributed by atoms with Gasteiger partial charge in [0.05, 0.1) is 0 Å². The Balaban J connectivity index is -0.000000266. The van der Waals surface area contributed by atoms with Gasteiger partial charge in [0.2, 0.25) is 0 Å². The molecule has 0 atom stereocenters. The molecule has 0 aromatic rings.